The Morgan fingerprint density at radius 2 is 1.70 bits per heavy atom. The summed E-state index contributed by atoms with van der Waals surface area (Å²) in [6.07, 6.45) is 5.77. The van der Waals surface area contributed by atoms with Crippen molar-refractivity contribution in [3.05, 3.63) is 0 Å². The average Bonchev–Trinajstić information content (AvgIpc) is 1.88. The van der Waals surface area contributed by atoms with E-state index in [2.05, 4.69) is 29.8 Å². The second-order valence-electron chi connectivity index (χ2n) is 3.70. The first kappa shape index (κ1) is 8.58. The molecular formula is C9H17Br. The van der Waals surface area contributed by atoms with Crippen LogP contribution in [0.1, 0.15) is 39.5 Å². The molecule has 1 aliphatic carbocycles. The fourth-order valence-corrected chi connectivity index (χ4v) is 2.27. The summed E-state index contributed by atoms with van der Waals surface area (Å²) in [7, 11) is 0. The largest absolute Gasteiger partial charge is 0.0891 e. The number of hydrogen-bond acceptors (Lipinski definition) is 0. The molecule has 0 aromatic carbocycles. The van der Waals surface area contributed by atoms with Crippen LogP contribution in [0.2, 0.25) is 0 Å². The molecule has 0 saturated heterocycles. The minimum absolute atomic E-state index is 0.736. The number of hydrogen-bond donors (Lipinski definition) is 0. The predicted octanol–water partition coefficient (Wildman–Crippen LogP) is 3.60. The maximum atomic E-state index is 3.66. The Morgan fingerprint density at radius 3 is 2.10 bits per heavy atom. The Bertz CT molecular complexity index is 90.9. The maximum Gasteiger partial charge on any atom is 0.0145 e. The Balaban J connectivity index is 2.26. The molecule has 0 aromatic rings. The Morgan fingerprint density at radius 1 is 1.20 bits per heavy atom. The molecule has 0 bridgehead atoms. The first-order valence-corrected chi connectivity index (χ1v) is 5.25. The van der Waals surface area contributed by atoms with E-state index in [4.69, 9.17) is 0 Å². The van der Waals surface area contributed by atoms with E-state index in [-0.39, 0.29) is 0 Å². The van der Waals surface area contributed by atoms with E-state index in [1.165, 1.54) is 25.7 Å². The zero-order valence-corrected chi connectivity index (χ0v) is 8.52. The van der Waals surface area contributed by atoms with Crippen LogP contribution < -0.4 is 0 Å². The first-order chi connectivity index (χ1) is 4.70. The van der Waals surface area contributed by atoms with E-state index in [9.17, 15) is 0 Å². The number of rotatable bonds is 1. The molecule has 60 valence electrons. The van der Waals surface area contributed by atoms with Crippen molar-refractivity contribution < 1.29 is 0 Å². The van der Waals surface area contributed by atoms with Crippen LogP contribution >= 0.6 is 15.9 Å². The average molecular weight is 205 g/mol. The van der Waals surface area contributed by atoms with Crippen molar-refractivity contribution in [1.29, 1.82) is 0 Å². The van der Waals surface area contributed by atoms with Crippen LogP contribution in [0.3, 0.4) is 0 Å². The lowest BCUT2D eigenvalue weighted by molar-refractivity contribution is 0.291. The summed E-state index contributed by atoms with van der Waals surface area (Å²) >= 11 is 3.66. The highest BCUT2D eigenvalue weighted by Crippen LogP contribution is 2.32. The molecule has 10 heavy (non-hydrogen) atoms. The normalized spacial score (nSPS) is 37.5. The van der Waals surface area contributed by atoms with Crippen molar-refractivity contribution in [3.63, 3.8) is 0 Å². The van der Waals surface area contributed by atoms with Crippen molar-refractivity contribution >= 4 is 15.9 Å². The molecule has 0 aromatic heterocycles. The third-order valence-electron chi connectivity index (χ3n) is 2.71. The standard InChI is InChI=1S/C9H17Br/c1-7-3-5-9(6-4-7)8(2)10/h7-9H,3-6H2,1-2H3. The lowest BCUT2D eigenvalue weighted by atomic mass is 9.82. The molecule has 1 fully saturated rings. The minimum Gasteiger partial charge on any atom is -0.0891 e. The first-order valence-electron chi connectivity index (χ1n) is 4.34. The van der Waals surface area contributed by atoms with Gasteiger partial charge in [-0.1, -0.05) is 42.6 Å². The molecule has 0 heterocycles. The highest BCUT2D eigenvalue weighted by atomic mass is 79.9. The van der Waals surface area contributed by atoms with Gasteiger partial charge in [0.2, 0.25) is 0 Å². The molecule has 1 aliphatic rings. The highest BCUT2D eigenvalue weighted by molar-refractivity contribution is 9.09. The zero-order chi connectivity index (χ0) is 7.56. The summed E-state index contributed by atoms with van der Waals surface area (Å²) in [6, 6.07) is 0. The summed E-state index contributed by atoms with van der Waals surface area (Å²) in [5.74, 6) is 1.94. The molecule has 1 atom stereocenters. The SMILES string of the molecule is CC1CCC(C(C)Br)CC1. The van der Waals surface area contributed by atoms with Crippen molar-refractivity contribution in [2.45, 2.75) is 44.4 Å². The van der Waals surface area contributed by atoms with Gasteiger partial charge in [0, 0.05) is 4.83 Å². The van der Waals surface area contributed by atoms with E-state index < -0.39 is 0 Å². The summed E-state index contributed by atoms with van der Waals surface area (Å²) in [4.78, 5) is 0.736. The van der Waals surface area contributed by atoms with Gasteiger partial charge >= 0.3 is 0 Å². The van der Waals surface area contributed by atoms with Crippen LogP contribution in [0, 0.1) is 11.8 Å². The monoisotopic (exact) mass is 204 g/mol. The third-order valence-corrected chi connectivity index (χ3v) is 3.46. The van der Waals surface area contributed by atoms with Crippen LogP contribution in [0.15, 0.2) is 0 Å². The quantitative estimate of drug-likeness (QED) is 0.574. The third kappa shape index (κ3) is 2.26. The molecule has 1 rings (SSSR count). The highest BCUT2D eigenvalue weighted by Gasteiger charge is 2.20. The van der Waals surface area contributed by atoms with Crippen molar-refractivity contribution in [2.24, 2.45) is 11.8 Å². The second-order valence-corrected chi connectivity index (χ2v) is 5.14. The molecular weight excluding hydrogens is 188 g/mol. The lowest BCUT2D eigenvalue weighted by Gasteiger charge is -2.27. The summed E-state index contributed by atoms with van der Waals surface area (Å²) in [6.45, 7) is 4.65. The van der Waals surface area contributed by atoms with Crippen molar-refractivity contribution in [1.82, 2.24) is 0 Å². The van der Waals surface area contributed by atoms with Gasteiger partial charge in [-0.15, -0.1) is 0 Å². The Kier molecular flexibility index (Phi) is 3.22. The second kappa shape index (κ2) is 3.75. The summed E-state index contributed by atoms with van der Waals surface area (Å²) in [5.41, 5.74) is 0. The summed E-state index contributed by atoms with van der Waals surface area (Å²) < 4.78 is 0. The zero-order valence-electron chi connectivity index (χ0n) is 6.94. The van der Waals surface area contributed by atoms with Gasteiger partial charge in [-0.05, 0) is 24.7 Å². The van der Waals surface area contributed by atoms with E-state index >= 15 is 0 Å². The topological polar surface area (TPSA) is 0 Å². The van der Waals surface area contributed by atoms with Gasteiger partial charge in [0.05, 0.1) is 0 Å². The van der Waals surface area contributed by atoms with E-state index in [0.717, 1.165) is 16.7 Å². The summed E-state index contributed by atoms with van der Waals surface area (Å²) in [5, 5.41) is 0. The molecule has 0 N–H and O–H groups in total. The Hall–Kier alpha value is 0.480. The molecule has 0 nitrogen and oxygen atoms in total. The van der Waals surface area contributed by atoms with Crippen LogP contribution in [-0.4, -0.2) is 4.83 Å². The lowest BCUT2D eigenvalue weighted by Crippen LogP contribution is -2.18. The van der Waals surface area contributed by atoms with Crippen LogP contribution in [0.4, 0.5) is 0 Å². The van der Waals surface area contributed by atoms with Crippen LogP contribution in [0.5, 0.6) is 0 Å². The fraction of sp³-hybridized carbons (Fsp3) is 1.00. The van der Waals surface area contributed by atoms with Gasteiger partial charge in [-0.2, -0.15) is 0 Å². The van der Waals surface area contributed by atoms with Gasteiger partial charge in [0.1, 0.15) is 0 Å². The smallest absolute Gasteiger partial charge is 0.0145 e. The minimum atomic E-state index is 0.736. The number of halogens is 1. The predicted molar refractivity (Wildman–Crippen MR) is 49.5 cm³/mol. The molecule has 0 spiro atoms. The van der Waals surface area contributed by atoms with Gasteiger partial charge < -0.3 is 0 Å². The number of alkyl halides is 1. The molecule has 0 radical (unpaired) electrons. The van der Waals surface area contributed by atoms with Crippen molar-refractivity contribution in [3.8, 4) is 0 Å². The fourth-order valence-electron chi connectivity index (χ4n) is 1.75. The molecule has 0 amide bonds. The molecule has 1 saturated carbocycles. The van der Waals surface area contributed by atoms with Gasteiger partial charge in [-0.25, -0.2) is 0 Å². The Labute approximate surface area is 72.5 Å². The van der Waals surface area contributed by atoms with Gasteiger partial charge in [-0.3, -0.25) is 0 Å². The molecule has 0 aliphatic heterocycles. The van der Waals surface area contributed by atoms with Gasteiger partial charge in [0.25, 0.3) is 0 Å². The van der Waals surface area contributed by atoms with E-state index in [1.807, 2.05) is 0 Å². The maximum absolute atomic E-state index is 3.66. The van der Waals surface area contributed by atoms with Crippen LogP contribution in [-0.2, 0) is 0 Å². The molecule has 1 unspecified atom stereocenters. The van der Waals surface area contributed by atoms with Crippen molar-refractivity contribution in [2.75, 3.05) is 0 Å². The van der Waals surface area contributed by atoms with Gasteiger partial charge in [0.15, 0.2) is 0 Å². The van der Waals surface area contributed by atoms with E-state index in [1.54, 1.807) is 0 Å². The molecule has 1 heteroatoms. The van der Waals surface area contributed by atoms with Crippen LogP contribution in [0.25, 0.3) is 0 Å². The van der Waals surface area contributed by atoms with E-state index in [0.29, 0.717) is 0 Å².